The normalized spacial score (nSPS) is 18.3. The molecule has 4 rings (SSSR count). The van der Waals surface area contributed by atoms with Crippen LogP contribution in [-0.2, 0) is 17.4 Å². The molecule has 0 saturated carbocycles. The Morgan fingerprint density at radius 3 is 2.37 bits per heavy atom. The standard InChI is InChI=1S/C29H37N3O2S/c1-19(2)18-32(22-14-12-21(13-15-22)26(33)34)27-31-24-25(35-27)28(3,4)16-23(29(24,5)6)30-17-20-10-8-7-9-11-20/h7-15,19,23,30H,16-18H2,1-6H3,(H,33,34). The Morgan fingerprint density at radius 1 is 1.11 bits per heavy atom. The molecule has 6 heteroatoms. The summed E-state index contributed by atoms with van der Waals surface area (Å²) in [4.78, 5) is 20.2. The van der Waals surface area contributed by atoms with E-state index in [0.717, 1.165) is 30.3 Å². The first-order valence-electron chi connectivity index (χ1n) is 12.4. The molecule has 0 spiro atoms. The van der Waals surface area contributed by atoms with Crippen molar-refractivity contribution in [3.8, 4) is 0 Å². The summed E-state index contributed by atoms with van der Waals surface area (Å²) < 4.78 is 0. The third-order valence-corrected chi connectivity index (χ3v) is 8.47. The minimum atomic E-state index is -0.908. The van der Waals surface area contributed by atoms with Crippen LogP contribution >= 0.6 is 11.3 Å². The van der Waals surface area contributed by atoms with Gasteiger partial charge in [0.05, 0.1) is 11.3 Å². The molecule has 0 bridgehead atoms. The number of hydrogen-bond acceptors (Lipinski definition) is 5. The number of hydrogen-bond donors (Lipinski definition) is 2. The van der Waals surface area contributed by atoms with Crippen molar-refractivity contribution in [3.63, 3.8) is 0 Å². The van der Waals surface area contributed by atoms with Gasteiger partial charge in [-0.15, -0.1) is 11.3 Å². The van der Waals surface area contributed by atoms with Crippen LogP contribution in [0.3, 0.4) is 0 Å². The molecule has 1 aliphatic rings. The van der Waals surface area contributed by atoms with E-state index < -0.39 is 5.97 Å². The van der Waals surface area contributed by atoms with Gasteiger partial charge in [0, 0.05) is 40.5 Å². The van der Waals surface area contributed by atoms with Crippen LogP contribution in [0.2, 0.25) is 0 Å². The van der Waals surface area contributed by atoms with Crippen molar-refractivity contribution in [1.29, 1.82) is 0 Å². The lowest BCUT2D eigenvalue weighted by molar-refractivity contribution is 0.0697. The lowest BCUT2D eigenvalue weighted by Crippen LogP contribution is -2.52. The van der Waals surface area contributed by atoms with Crippen LogP contribution in [0.25, 0.3) is 0 Å². The average molecular weight is 492 g/mol. The number of aromatic nitrogens is 1. The van der Waals surface area contributed by atoms with Gasteiger partial charge in [0.1, 0.15) is 0 Å². The Balaban J connectivity index is 1.68. The second-order valence-corrected chi connectivity index (χ2v) is 12.2. The van der Waals surface area contributed by atoms with Gasteiger partial charge in [-0.05, 0) is 42.2 Å². The van der Waals surface area contributed by atoms with Crippen molar-refractivity contribution < 1.29 is 9.90 Å². The molecule has 1 aliphatic carbocycles. The van der Waals surface area contributed by atoms with Gasteiger partial charge < -0.3 is 15.3 Å². The van der Waals surface area contributed by atoms with Gasteiger partial charge in [0.15, 0.2) is 5.13 Å². The van der Waals surface area contributed by atoms with Crippen LogP contribution in [0.15, 0.2) is 54.6 Å². The number of nitrogens with zero attached hydrogens (tertiary/aromatic N) is 2. The maximum absolute atomic E-state index is 11.4. The molecule has 0 aliphatic heterocycles. The fourth-order valence-corrected chi connectivity index (χ4v) is 6.32. The zero-order chi connectivity index (χ0) is 25.4. The molecule has 0 fully saturated rings. The molecule has 5 nitrogen and oxygen atoms in total. The highest BCUT2D eigenvalue weighted by molar-refractivity contribution is 7.16. The van der Waals surface area contributed by atoms with Crippen LogP contribution in [0, 0.1) is 5.92 Å². The summed E-state index contributed by atoms with van der Waals surface area (Å²) in [5.41, 5.74) is 3.63. The van der Waals surface area contributed by atoms with Gasteiger partial charge in [0.2, 0.25) is 0 Å². The molecule has 1 atom stereocenters. The molecule has 2 aromatic carbocycles. The summed E-state index contributed by atoms with van der Waals surface area (Å²) in [6.45, 7) is 15.3. The number of carboxylic acids is 1. The van der Waals surface area contributed by atoms with Gasteiger partial charge in [-0.2, -0.15) is 0 Å². The van der Waals surface area contributed by atoms with E-state index in [1.807, 2.05) is 12.1 Å². The third-order valence-electron chi connectivity index (χ3n) is 7.03. The van der Waals surface area contributed by atoms with Gasteiger partial charge in [0.25, 0.3) is 0 Å². The molecule has 0 amide bonds. The first-order chi connectivity index (χ1) is 16.5. The Labute approximate surface area is 213 Å². The number of fused-ring (bicyclic) bond motifs is 1. The fourth-order valence-electron chi connectivity index (χ4n) is 4.95. The van der Waals surface area contributed by atoms with Crippen LogP contribution in [0.5, 0.6) is 0 Å². The van der Waals surface area contributed by atoms with E-state index in [0.29, 0.717) is 17.5 Å². The Morgan fingerprint density at radius 2 is 1.77 bits per heavy atom. The number of aromatic carboxylic acids is 1. The Bertz CT molecular complexity index is 1170. The van der Waals surface area contributed by atoms with Gasteiger partial charge in [-0.3, -0.25) is 0 Å². The van der Waals surface area contributed by atoms with E-state index in [1.165, 1.54) is 16.1 Å². The van der Waals surface area contributed by atoms with Crippen molar-refractivity contribution in [3.05, 3.63) is 76.3 Å². The summed E-state index contributed by atoms with van der Waals surface area (Å²) >= 11 is 1.79. The molecule has 1 aromatic heterocycles. The highest BCUT2D eigenvalue weighted by Crippen LogP contribution is 2.50. The van der Waals surface area contributed by atoms with E-state index >= 15 is 0 Å². The minimum Gasteiger partial charge on any atom is -0.478 e. The van der Waals surface area contributed by atoms with Crippen LogP contribution in [0.4, 0.5) is 10.8 Å². The number of benzene rings is 2. The van der Waals surface area contributed by atoms with E-state index in [9.17, 15) is 9.90 Å². The topological polar surface area (TPSA) is 65.5 Å². The van der Waals surface area contributed by atoms with E-state index in [4.69, 9.17) is 4.98 Å². The largest absolute Gasteiger partial charge is 0.478 e. The van der Waals surface area contributed by atoms with Crippen molar-refractivity contribution >= 4 is 28.1 Å². The number of carboxylic acid groups (broad SMARTS) is 1. The molecule has 35 heavy (non-hydrogen) atoms. The fraction of sp³-hybridized carbons (Fsp3) is 0.448. The molecule has 1 unspecified atom stereocenters. The maximum Gasteiger partial charge on any atom is 0.335 e. The quantitative estimate of drug-likeness (QED) is 0.365. The Kier molecular flexibility index (Phi) is 7.07. The predicted molar refractivity (Wildman–Crippen MR) is 145 cm³/mol. The number of nitrogens with one attached hydrogen (secondary N) is 1. The minimum absolute atomic E-state index is 0.00574. The molecule has 3 aromatic rings. The number of rotatable bonds is 8. The van der Waals surface area contributed by atoms with Crippen molar-refractivity contribution in [2.45, 2.75) is 71.4 Å². The maximum atomic E-state index is 11.4. The summed E-state index contributed by atoms with van der Waals surface area (Å²) in [6.07, 6.45) is 1.04. The first-order valence-corrected chi connectivity index (χ1v) is 13.2. The zero-order valence-corrected chi connectivity index (χ0v) is 22.4. The second-order valence-electron chi connectivity index (χ2n) is 11.3. The molecule has 186 valence electrons. The Hall–Kier alpha value is -2.70. The van der Waals surface area contributed by atoms with E-state index in [-0.39, 0.29) is 10.8 Å². The smallest absolute Gasteiger partial charge is 0.335 e. The van der Waals surface area contributed by atoms with E-state index in [2.05, 4.69) is 82.1 Å². The van der Waals surface area contributed by atoms with E-state index in [1.54, 1.807) is 23.5 Å². The zero-order valence-electron chi connectivity index (χ0n) is 21.6. The molecular weight excluding hydrogens is 454 g/mol. The van der Waals surface area contributed by atoms with Crippen LogP contribution < -0.4 is 10.2 Å². The van der Waals surface area contributed by atoms with Crippen molar-refractivity contribution in [2.75, 3.05) is 11.4 Å². The molecule has 0 radical (unpaired) electrons. The molecular formula is C29H37N3O2S. The number of thiazole rings is 1. The SMILES string of the molecule is CC(C)CN(c1ccc(C(=O)O)cc1)c1nc2c(s1)C(C)(C)CC(NCc1ccccc1)C2(C)C. The highest BCUT2D eigenvalue weighted by Gasteiger charge is 2.47. The first kappa shape index (κ1) is 25.4. The lowest BCUT2D eigenvalue weighted by atomic mass is 9.65. The molecule has 1 heterocycles. The van der Waals surface area contributed by atoms with Crippen LogP contribution in [0.1, 0.15) is 74.5 Å². The summed E-state index contributed by atoms with van der Waals surface area (Å²) in [5, 5.41) is 14.1. The van der Waals surface area contributed by atoms with Crippen molar-refractivity contribution in [2.24, 2.45) is 5.92 Å². The van der Waals surface area contributed by atoms with Gasteiger partial charge >= 0.3 is 5.97 Å². The molecule has 0 saturated heterocycles. The molecule has 2 N–H and O–H groups in total. The third kappa shape index (κ3) is 5.29. The average Bonchev–Trinajstić information content (AvgIpc) is 3.28. The number of anilines is 2. The monoisotopic (exact) mass is 491 g/mol. The predicted octanol–water partition coefficient (Wildman–Crippen LogP) is 6.75. The highest BCUT2D eigenvalue weighted by atomic mass is 32.1. The summed E-state index contributed by atoms with van der Waals surface area (Å²) in [6, 6.07) is 18.0. The van der Waals surface area contributed by atoms with Crippen molar-refractivity contribution in [1.82, 2.24) is 10.3 Å². The second kappa shape index (κ2) is 9.75. The van der Waals surface area contributed by atoms with Gasteiger partial charge in [-0.1, -0.05) is 71.9 Å². The van der Waals surface area contributed by atoms with Gasteiger partial charge in [-0.25, -0.2) is 9.78 Å². The summed E-state index contributed by atoms with van der Waals surface area (Å²) in [5.74, 6) is -0.481. The summed E-state index contributed by atoms with van der Waals surface area (Å²) in [7, 11) is 0. The van der Waals surface area contributed by atoms with Crippen LogP contribution in [-0.4, -0.2) is 28.6 Å². The number of carbonyl (C=O) groups is 1. The lowest BCUT2D eigenvalue weighted by Gasteiger charge is -2.45.